The summed E-state index contributed by atoms with van der Waals surface area (Å²) >= 11 is 0. The molecule has 0 atom stereocenters. The predicted molar refractivity (Wildman–Crippen MR) is 107 cm³/mol. The molecule has 0 radical (unpaired) electrons. The molecule has 29 heavy (non-hydrogen) atoms. The molecule has 0 spiro atoms. The lowest BCUT2D eigenvalue weighted by molar-refractivity contribution is 0.0556. The number of hydrogen-bond donors (Lipinski definition) is 0. The molecular formula is C23H21NO5. The minimum atomic E-state index is -0.567. The van der Waals surface area contributed by atoms with E-state index in [2.05, 4.69) is 6.07 Å². The van der Waals surface area contributed by atoms with E-state index in [0.29, 0.717) is 24.4 Å². The highest BCUT2D eigenvalue weighted by Crippen LogP contribution is 2.38. The number of rotatable bonds is 4. The van der Waals surface area contributed by atoms with Crippen LogP contribution in [-0.2, 0) is 22.4 Å². The second-order valence-electron chi connectivity index (χ2n) is 6.79. The van der Waals surface area contributed by atoms with Crippen LogP contribution in [-0.4, -0.2) is 37.8 Å². The number of fused-ring (bicyclic) bond motifs is 2. The van der Waals surface area contributed by atoms with Gasteiger partial charge < -0.3 is 18.8 Å². The Balaban J connectivity index is 2.02. The molecule has 1 aliphatic rings. The van der Waals surface area contributed by atoms with Crippen LogP contribution in [0.5, 0.6) is 5.75 Å². The van der Waals surface area contributed by atoms with Gasteiger partial charge in [-0.2, -0.15) is 0 Å². The Morgan fingerprint density at radius 3 is 2.07 bits per heavy atom. The number of hydrogen-bond acceptors (Lipinski definition) is 5. The van der Waals surface area contributed by atoms with Crippen molar-refractivity contribution in [1.82, 2.24) is 4.57 Å². The van der Waals surface area contributed by atoms with Crippen molar-refractivity contribution >= 4 is 11.9 Å². The van der Waals surface area contributed by atoms with Crippen LogP contribution in [0.3, 0.4) is 0 Å². The molecular weight excluding hydrogens is 370 g/mol. The molecule has 3 aromatic rings. The highest BCUT2D eigenvalue weighted by atomic mass is 16.5. The lowest BCUT2D eigenvalue weighted by Gasteiger charge is -2.22. The molecule has 6 nitrogen and oxygen atoms in total. The van der Waals surface area contributed by atoms with E-state index in [9.17, 15) is 9.59 Å². The van der Waals surface area contributed by atoms with Crippen molar-refractivity contribution in [3.63, 3.8) is 0 Å². The zero-order chi connectivity index (χ0) is 20.5. The van der Waals surface area contributed by atoms with E-state index in [-0.39, 0.29) is 11.1 Å². The third-order valence-corrected chi connectivity index (χ3v) is 5.32. The number of nitrogens with zero attached hydrogens (tertiary/aromatic N) is 1. The maximum absolute atomic E-state index is 12.8. The maximum atomic E-state index is 12.8. The smallest absolute Gasteiger partial charge is 0.340 e. The summed E-state index contributed by atoms with van der Waals surface area (Å²) in [4.78, 5) is 25.5. The first kappa shape index (κ1) is 18.8. The molecule has 0 saturated carbocycles. The zero-order valence-electron chi connectivity index (χ0n) is 16.5. The highest BCUT2D eigenvalue weighted by molar-refractivity contribution is 6.09. The molecule has 2 heterocycles. The van der Waals surface area contributed by atoms with Crippen molar-refractivity contribution in [2.45, 2.75) is 13.0 Å². The van der Waals surface area contributed by atoms with E-state index in [1.165, 1.54) is 14.2 Å². The van der Waals surface area contributed by atoms with Crippen molar-refractivity contribution in [1.29, 1.82) is 0 Å². The Kier molecular flexibility index (Phi) is 4.84. The van der Waals surface area contributed by atoms with Crippen LogP contribution in [0.15, 0.2) is 48.5 Å². The molecule has 1 aliphatic heterocycles. The lowest BCUT2D eigenvalue weighted by atomic mass is 9.97. The highest BCUT2D eigenvalue weighted by Gasteiger charge is 2.35. The molecule has 0 N–H and O–H groups in total. The molecule has 4 rings (SSSR count). The van der Waals surface area contributed by atoms with Crippen LogP contribution in [0.1, 0.15) is 37.5 Å². The van der Waals surface area contributed by atoms with Gasteiger partial charge in [-0.1, -0.05) is 24.3 Å². The van der Waals surface area contributed by atoms with E-state index in [4.69, 9.17) is 14.2 Å². The van der Waals surface area contributed by atoms with Crippen molar-refractivity contribution in [2.75, 3.05) is 21.3 Å². The quantitative estimate of drug-likeness (QED) is 0.497. The van der Waals surface area contributed by atoms with Crippen LogP contribution < -0.4 is 4.74 Å². The molecule has 0 fully saturated rings. The van der Waals surface area contributed by atoms with Gasteiger partial charge in [0, 0.05) is 18.7 Å². The average molecular weight is 391 g/mol. The van der Waals surface area contributed by atoms with Crippen molar-refractivity contribution < 1.29 is 23.8 Å². The average Bonchev–Trinajstić information content (AvgIpc) is 3.10. The summed E-state index contributed by atoms with van der Waals surface area (Å²) in [7, 11) is 4.23. The number of methoxy groups -OCH3 is 3. The zero-order valence-corrected chi connectivity index (χ0v) is 16.5. The molecule has 0 aliphatic carbocycles. The van der Waals surface area contributed by atoms with Gasteiger partial charge >= 0.3 is 11.9 Å². The summed E-state index contributed by atoms with van der Waals surface area (Å²) < 4.78 is 17.3. The van der Waals surface area contributed by atoms with Crippen LogP contribution in [0.4, 0.5) is 0 Å². The predicted octanol–water partition coefficient (Wildman–Crippen LogP) is 3.69. The van der Waals surface area contributed by atoms with E-state index < -0.39 is 11.9 Å². The van der Waals surface area contributed by atoms with Gasteiger partial charge in [-0.15, -0.1) is 0 Å². The number of carbonyl (C=O) groups excluding carboxylic acids is 2. The molecule has 148 valence electrons. The third kappa shape index (κ3) is 3.06. The summed E-state index contributed by atoms with van der Waals surface area (Å²) in [6.45, 7) is 0.549. The van der Waals surface area contributed by atoms with E-state index in [1.54, 1.807) is 7.11 Å². The lowest BCUT2D eigenvalue weighted by Crippen LogP contribution is -2.17. The monoisotopic (exact) mass is 391 g/mol. The normalized spacial score (nSPS) is 12.0. The number of carbonyl (C=O) groups is 2. The molecule has 1 aromatic heterocycles. The van der Waals surface area contributed by atoms with Gasteiger partial charge in [0.1, 0.15) is 11.3 Å². The summed E-state index contributed by atoms with van der Waals surface area (Å²) in [5.41, 5.74) is 4.96. The van der Waals surface area contributed by atoms with Gasteiger partial charge in [-0.05, 0) is 41.0 Å². The Labute approximate surface area is 168 Å². The number of ether oxygens (including phenoxy) is 3. The van der Waals surface area contributed by atoms with Gasteiger partial charge in [0.15, 0.2) is 0 Å². The fraction of sp³-hybridized carbons (Fsp3) is 0.217. The molecule has 0 amide bonds. The first-order chi connectivity index (χ1) is 14.1. The topological polar surface area (TPSA) is 66.8 Å². The van der Waals surface area contributed by atoms with Crippen molar-refractivity contribution in [3.8, 4) is 17.0 Å². The van der Waals surface area contributed by atoms with E-state index >= 15 is 0 Å². The molecule has 0 saturated heterocycles. The first-order valence-electron chi connectivity index (χ1n) is 9.22. The second-order valence-corrected chi connectivity index (χ2v) is 6.79. The second kappa shape index (κ2) is 7.47. The maximum Gasteiger partial charge on any atom is 0.340 e. The van der Waals surface area contributed by atoms with Gasteiger partial charge in [0.2, 0.25) is 0 Å². The number of aromatic nitrogens is 1. The van der Waals surface area contributed by atoms with Gasteiger partial charge in [0.25, 0.3) is 0 Å². The summed E-state index contributed by atoms with van der Waals surface area (Å²) in [5.74, 6) is -0.409. The fourth-order valence-corrected chi connectivity index (χ4v) is 3.93. The minimum Gasteiger partial charge on any atom is -0.497 e. The standard InChI is InChI=1S/C23H21NO5/c1-27-17-10-8-14(9-11-17)21-20(23(26)29-3)19(22(25)28-2)18-12-15-6-4-5-7-16(15)13-24(18)21/h4-11H,12-13H2,1-3H3. The Bertz CT molecular complexity index is 1100. The largest absolute Gasteiger partial charge is 0.497 e. The number of esters is 2. The summed E-state index contributed by atoms with van der Waals surface area (Å²) in [6, 6.07) is 15.5. The van der Waals surface area contributed by atoms with Crippen molar-refractivity contribution in [2.24, 2.45) is 0 Å². The minimum absolute atomic E-state index is 0.229. The summed E-state index contributed by atoms with van der Waals surface area (Å²) in [5, 5.41) is 0. The third-order valence-electron chi connectivity index (χ3n) is 5.32. The van der Waals surface area contributed by atoms with Crippen LogP contribution >= 0.6 is 0 Å². The fourth-order valence-electron chi connectivity index (χ4n) is 3.93. The molecule has 6 heteroatoms. The first-order valence-corrected chi connectivity index (χ1v) is 9.22. The summed E-state index contributed by atoms with van der Waals surface area (Å²) in [6.07, 6.45) is 0.529. The van der Waals surface area contributed by atoms with Gasteiger partial charge in [-0.3, -0.25) is 0 Å². The van der Waals surface area contributed by atoms with Crippen LogP contribution in [0, 0.1) is 0 Å². The number of benzene rings is 2. The van der Waals surface area contributed by atoms with Crippen LogP contribution in [0.2, 0.25) is 0 Å². The molecule has 2 aromatic carbocycles. The Hall–Kier alpha value is -3.54. The van der Waals surface area contributed by atoms with E-state index in [1.807, 2.05) is 47.0 Å². The Morgan fingerprint density at radius 1 is 0.828 bits per heavy atom. The molecule has 0 unspecified atom stereocenters. The SMILES string of the molecule is COC(=O)c1c(C(=O)OC)c(-c2ccc(OC)cc2)n2c1Cc1ccccc1C2. The van der Waals surface area contributed by atoms with Gasteiger partial charge in [0.05, 0.1) is 32.6 Å². The Morgan fingerprint density at radius 2 is 1.45 bits per heavy atom. The van der Waals surface area contributed by atoms with Gasteiger partial charge in [-0.25, -0.2) is 9.59 Å². The van der Waals surface area contributed by atoms with Crippen molar-refractivity contribution in [3.05, 3.63) is 76.5 Å². The molecule has 0 bridgehead atoms. The van der Waals surface area contributed by atoms with E-state index in [0.717, 1.165) is 22.4 Å². The van der Waals surface area contributed by atoms with Crippen LogP contribution in [0.25, 0.3) is 11.3 Å².